The van der Waals surface area contributed by atoms with Crippen LogP contribution in [0.15, 0.2) is 36.4 Å². The molecular formula is C30H6BF20-. The highest BCUT2D eigenvalue weighted by molar-refractivity contribution is 7.20. The molecule has 5 rings (SSSR count). The molecule has 0 saturated heterocycles. The number of hydrogen-bond acceptors (Lipinski definition) is 0. The van der Waals surface area contributed by atoms with Crippen LogP contribution in [0, 0.1) is 116 Å². The lowest BCUT2D eigenvalue weighted by Crippen LogP contribution is -2.81. The Bertz CT molecular complexity index is 1790. The number of benzene rings is 5. The van der Waals surface area contributed by atoms with Gasteiger partial charge in [0.25, 0.3) is 0 Å². The van der Waals surface area contributed by atoms with Gasteiger partial charge in [0.05, 0.1) is 0 Å². The molecule has 0 aromatic heterocycles. The molecule has 0 atom stereocenters. The summed E-state index contributed by atoms with van der Waals surface area (Å²) in [6, 6.07) is 12.0. The predicted octanol–water partition coefficient (Wildman–Crippen LogP) is 7.53. The van der Waals surface area contributed by atoms with E-state index in [0.717, 1.165) is 0 Å². The van der Waals surface area contributed by atoms with Crippen LogP contribution < -0.4 is 21.9 Å². The third kappa shape index (κ3) is 5.61. The van der Waals surface area contributed by atoms with Gasteiger partial charge in [-0.1, -0.05) is 36.4 Å². The zero-order chi connectivity index (χ0) is 38.6. The number of hydrogen-bond donors (Lipinski definition) is 0. The van der Waals surface area contributed by atoms with Gasteiger partial charge in [0, 0.05) is 0 Å². The van der Waals surface area contributed by atoms with Gasteiger partial charge in [-0.3, -0.25) is 0 Å². The Kier molecular flexibility index (Phi) is 10.5. The van der Waals surface area contributed by atoms with E-state index in [1.807, 2.05) is 36.4 Å². The van der Waals surface area contributed by atoms with Crippen molar-refractivity contribution in [3.05, 3.63) is 153 Å². The first-order chi connectivity index (χ1) is 23.7. The van der Waals surface area contributed by atoms with Crippen molar-refractivity contribution in [3.8, 4) is 0 Å². The molecular weight excluding hydrogens is 751 g/mol. The summed E-state index contributed by atoms with van der Waals surface area (Å²) in [7, 11) is 0. The van der Waals surface area contributed by atoms with Crippen LogP contribution in [0.1, 0.15) is 0 Å². The van der Waals surface area contributed by atoms with E-state index in [1.165, 1.54) is 0 Å². The van der Waals surface area contributed by atoms with Gasteiger partial charge in [-0.25, -0.2) is 87.8 Å². The van der Waals surface area contributed by atoms with Crippen molar-refractivity contribution in [2.24, 2.45) is 0 Å². The van der Waals surface area contributed by atoms with Gasteiger partial charge in [-0.2, -0.15) is 0 Å². The van der Waals surface area contributed by atoms with Crippen LogP contribution in [0.4, 0.5) is 87.8 Å². The van der Waals surface area contributed by atoms with Crippen molar-refractivity contribution >= 4 is 28.0 Å². The van der Waals surface area contributed by atoms with E-state index < -0.39 is 144 Å². The molecule has 0 radical (unpaired) electrons. The molecule has 0 unspecified atom stereocenters. The van der Waals surface area contributed by atoms with Gasteiger partial charge in [-0.15, -0.1) is 21.9 Å². The Morgan fingerprint density at radius 3 is 0.392 bits per heavy atom. The maximum atomic E-state index is 15.4. The molecule has 0 spiro atoms. The molecule has 0 amide bonds. The van der Waals surface area contributed by atoms with Gasteiger partial charge >= 0.3 is 0 Å². The van der Waals surface area contributed by atoms with E-state index in [0.29, 0.717) is 0 Å². The lowest BCUT2D eigenvalue weighted by molar-refractivity contribution is 0.378. The Balaban J connectivity index is 0.000000878. The highest BCUT2D eigenvalue weighted by Gasteiger charge is 2.52. The molecule has 21 heteroatoms. The third-order valence-corrected chi connectivity index (χ3v) is 7.37. The van der Waals surface area contributed by atoms with Crippen molar-refractivity contribution in [2.45, 2.75) is 0 Å². The summed E-state index contributed by atoms with van der Waals surface area (Å²) in [4.78, 5) is 0. The van der Waals surface area contributed by atoms with Crippen LogP contribution in [0.25, 0.3) is 0 Å². The molecule has 5 aromatic rings. The number of rotatable bonds is 4. The molecule has 270 valence electrons. The van der Waals surface area contributed by atoms with Crippen molar-refractivity contribution in [2.75, 3.05) is 0 Å². The Labute approximate surface area is 269 Å². The molecule has 51 heavy (non-hydrogen) atoms. The molecule has 0 heterocycles. The summed E-state index contributed by atoms with van der Waals surface area (Å²) in [6.45, 7) is 0. The van der Waals surface area contributed by atoms with E-state index in [4.69, 9.17) is 0 Å². The van der Waals surface area contributed by atoms with Crippen LogP contribution in [0.3, 0.4) is 0 Å². The van der Waals surface area contributed by atoms with Gasteiger partial charge in [0.2, 0.25) is 0 Å². The molecule has 0 aliphatic carbocycles. The summed E-state index contributed by atoms with van der Waals surface area (Å²) in [5.74, 6) is -71.4. The van der Waals surface area contributed by atoms with E-state index in [1.54, 1.807) is 0 Å². The molecule has 5 aromatic carbocycles. The summed E-state index contributed by atoms with van der Waals surface area (Å²) >= 11 is 0. The zero-order valence-corrected chi connectivity index (χ0v) is 23.6. The molecule has 0 aliphatic rings. The number of halogens is 20. The monoisotopic (exact) mass is 757 g/mol. The zero-order valence-electron chi connectivity index (χ0n) is 23.6. The maximum Gasteiger partial charge on any atom is 0.200 e. The molecule has 0 aliphatic heterocycles. The second kappa shape index (κ2) is 13.8. The predicted molar refractivity (Wildman–Crippen MR) is 136 cm³/mol. The van der Waals surface area contributed by atoms with Crippen molar-refractivity contribution in [3.63, 3.8) is 0 Å². The fraction of sp³-hybridized carbons (Fsp3) is 0. The summed E-state index contributed by atoms with van der Waals surface area (Å²) in [6.07, 6.45) is -7.22. The molecule has 0 nitrogen and oxygen atoms in total. The van der Waals surface area contributed by atoms with E-state index >= 15 is 35.1 Å². The molecule has 0 fully saturated rings. The van der Waals surface area contributed by atoms with E-state index in [9.17, 15) is 52.7 Å². The first kappa shape index (κ1) is 38.6. The first-order valence-corrected chi connectivity index (χ1v) is 12.9. The minimum Gasteiger partial charge on any atom is -0.207 e. The second-order valence-corrected chi connectivity index (χ2v) is 9.96. The highest BCUT2D eigenvalue weighted by atomic mass is 19.2. The minimum absolute atomic E-state index is 2.00. The molecule has 0 bridgehead atoms. The van der Waals surface area contributed by atoms with Crippen LogP contribution in [-0.4, -0.2) is 6.15 Å². The maximum absolute atomic E-state index is 15.4. The van der Waals surface area contributed by atoms with Gasteiger partial charge in [0.15, 0.2) is 69.8 Å². The Hall–Kier alpha value is -5.24. The topological polar surface area (TPSA) is 0 Å². The van der Waals surface area contributed by atoms with Gasteiger partial charge in [0.1, 0.15) is 52.7 Å². The Morgan fingerprint density at radius 2 is 0.275 bits per heavy atom. The van der Waals surface area contributed by atoms with Crippen LogP contribution >= 0.6 is 0 Å². The normalized spacial score (nSPS) is 11.5. The average molecular weight is 757 g/mol. The summed E-state index contributed by atoms with van der Waals surface area (Å²) in [5.41, 5.74) is -14.3. The van der Waals surface area contributed by atoms with E-state index in [-0.39, 0.29) is 0 Å². The lowest BCUT2D eigenvalue weighted by atomic mass is 9.12. The standard InChI is InChI=1S/C24BF20.C6H6/c26-5-1(6(27)14(35)21(42)13(5)34)25(2-7(28)15(36)22(43)16(37)8(2)29,3-9(30)17(38)23(44)18(39)10(3)31)4-11(32)19(40)24(45)20(41)12(4)33;1-2-4-6-5-3-1/h;1-6H/q-1;. The van der Waals surface area contributed by atoms with Crippen LogP contribution in [-0.2, 0) is 0 Å². The SMILES string of the molecule is Fc1c(F)c(F)c([B-](c2c(F)c(F)c(F)c(F)c2F)(c2c(F)c(F)c(F)c(F)c2F)c2c(F)c(F)c(F)c(F)c2F)c(F)c1F.c1ccccc1. The van der Waals surface area contributed by atoms with Gasteiger partial charge < -0.3 is 0 Å². The van der Waals surface area contributed by atoms with Gasteiger partial charge in [-0.05, 0) is 0 Å². The largest absolute Gasteiger partial charge is 0.207 e. The summed E-state index contributed by atoms with van der Waals surface area (Å²) < 4.78 is 294. The van der Waals surface area contributed by atoms with Crippen molar-refractivity contribution in [1.82, 2.24) is 0 Å². The average Bonchev–Trinajstić information content (AvgIpc) is 3.12. The molecule has 0 N–H and O–H groups in total. The minimum atomic E-state index is -7.22. The fourth-order valence-corrected chi connectivity index (χ4v) is 5.26. The first-order valence-electron chi connectivity index (χ1n) is 12.9. The quantitative estimate of drug-likeness (QED) is 0.0771. The van der Waals surface area contributed by atoms with Crippen molar-refractivity contribution < 1.29 is 87.8 Å². The van der Waals surface area contributed by atoms with Crippen LogP contribution in [0.2, 0.25) is 0 Å². The second-order valence-electron chi connectivity index (χ2n) is 9.96. The van der Waals surface area contributed by atoms with E-state index in [2.05, 4.69) is 0 Å². The fourth-order valence-electron chi connectivity index (χ4n) is 5.26. The smallest absolute Gasteiger partial charge is 0.200 e. The Morgan fingerprint density at radius 1 is 0.176 bits per heavy atom. The van der Waals surface area contributed by atoms with Crippen LogP contribution in [0.5, 0.6) is 0 Å². The third-order valence-electron chi connectivity index (χ3n) is 7.37. The molecule has 0 saturated carbocycles. The lowest BCUT2D eigenvalue weighted by Gasteiger charge is -2.44. The highest BCUT2D eigenvalue weighted by Crippen LogP contribution is 2.30. The summed E-state index contributed by atoms with van der Waals surface area (Å²) in [5, 5.41) is 0. The van der Waals surface area contributed by atoms with Crippen molar-refractivity contribution in [1.29, 1.82) is 0 Å².